The smallest absolute Gasteiger partial charge is 0.240 e. The molecule has 0 saturated carbocycles. The zero-order valence-electron chi connectivity index (χ0n) is 17.5. The van der Waals surface area contributed by atoms with Gasteiger partial charge in [-0.2, -0.15) is 11.8 Å². The molecule has 0 heterocycles. The van der Waals surface area contributed by atoms with Crippen LogP contribution in [0.4, 0.5) is 5.69 Å². The molecule has 2 aromatic rings. The molecule has 0 saturated heterocycles. The number of aryl methyl sites for hydroxylation is 3. The zero-order valence-corrected chi connectivity index (χ0v) is 20.6. The molecule has 0 aliphatic heterocycles. The van der Waals surface area contributed by atoms with Crippen molar-refractivity contribution in [3.05, 3.63) is 62.6 Å². The maximum atomic E-state index is 12.4. The Kier molecular flexibility index (Phi) is 8.91. The Morgan fingerprint density at radius 3 is 2.20 bits per heavy atom. The third-order valence-electron chi connectivity index (χ3n) is 4.45. The van der Waals surface area contributed by atoms with E-state index < -0.39 is 10.0 Å². The van der Waals surface area contributed by atoms with Crippen LogP contribution in [-0.2, 0) is 20.6 Å². The summed E-state index contributed by atoms with van der Waals surface area (Å²) >= 11 is 13.9. The van der Waals surface area contributed by atoms with E-state index in [2.05, 4.69) is 5.32 Å². The minimum atomic E-state index is -3.61. The Morgan fingerprint density at radius 2 is 1.67 bits per heavy atom. The number of sulfonamides is 1. The third kappa shape index (κ3) is 6.80. The van der Waals surface area contributed by atoms with Gasteiger partial charge in [-0.05, 0) is 49.6 Å². The van der Waals surface area contributed by atoms with Gasteiger partial charge in [0.05, 0.1) is 11.9 Å². The van der Waals surface area contributed by atoms with Crippen LogP contribution in [0.5, 0.6) is 0 Å². The maximum Gasteiger partial charge on any atom is 0.240 e. The van der Waals surface area contributed by atoms with Crippen LogP contribution in [0, 0.1) is 20.8 Å². The summed E-state index contributed by atoms with van der Waals surface area (Å²) in [7, 11) is -3.61. The lowest BCUT2D eigenvalue weighted by molar-refractivity contribution is -0.119. The van der Waals surface area contributed by atoms with Crippen LogP contribution in [0.2, 0.25) is 10.0 Å². The highest BCUT2D eigenvalue weighted by Crippen LogP contribution is 2.29. The SMILES string of the molecule is Cc1cc(C)c(N(CC(=O)NCCSCc2c(Cl)cccc2Cl)S(C)(=O)=O)c(C)c1. The van der Waals surface area contributed by atoms with Crippen molar-refractivity contribution in [3.63, 3.8) is 0 Å². The van der Waals surface area contributed by atoms with Gasteiger partial charge in [0.1, 0.15) is 6.54 Å². The fraction of sp³-hybridized carbons (Fsp3) is 0.381. The molecule has 5 nitrogen and oxygen atoms in total. The van der Waals surface area contributed by atoms with E-state index in [1.54, 1.807) is 30.0 Å². The summed E-state index contributed by atoms with van der Waals surface area (Å²) in [5.41, 5.74) is 4.10. The van der Waals surface area contributed by atoms with E-state index in [4.69, 9.17) is 23.2 Å². The van der Waals surface area contributed by atoms with Crippen molar-refractivity contribution in [3.8, 4) is 0 Å². The second kappa shape index (κ2) is 10.8. The van der Waals surface area contributed by atoms with Gasteiger partial charge in [0.25, 0.3) is 0 Å². The van der Waals surface area contributed by atoms with E-state index in [9.17, 15) is 13.2 Å². The Bertz CT molecular complexity index is 984. The maximum absolute atomic E-state index is 12.4. The number of nitrogens with one attached hydrogen (secondary N) is 1. The zero-order chi connectivity index (χ0) is 22.5. The largest absolute Gasteiger partial charge is 0.354 e. The number of anilines is 1. The number of hydrogen-bond acceptors (Lipinski definition) is 4. The number of nitrogens with zero attached hydrogens (tertiary/aromatic N) is 1. The lowest BCUT2D eigenvalue weighted by Gasteiger charge is -2.26. The number of amides is 1. The molecule has 2 rings (SSSR count). The van der Waals surface area contributed by atoms with E-state index >= 15 is 0 Å². The number of halogens is 2. The van der Waals surface area contributed by atoms with Crippen molar-refractivity contribution in [2.75, 3.05) is 29.4 Å². The van der Waals surface area contributed by atoms with Gasteiger partial charge in [0.15, 0.2) is 0 Å². The van der Waals surface area contributed by atoms with Gasteiger partial charge in [-0.1, -0.05) is 47.0 Å². The van der Waals surface area contributed by atoms with E-state index in [1.807, 2.05) is 32.9 Å². The number of benzene rings is 2. The summed E-state index contributed by atoms with van der Waals surface area (Å²) in [6.07, 6.45) is 1.11. The Balaban J connectivity index is 1.95. The highest BCUT2D eigenvalue weighted by atomic mass is 35.5. The second-order valence-corrected chi connectivity index (χ2v) is 10.9. The van der Waals surface area contributed by atoms with Gasteiger partial charge in [-0.25, -0.2) is 8.42 Å². The van der Waals surface area contributed by atoms with E-state index in [-0.39, 0.29) is 12.5 Å². The highest BCUT2D eigenvalue weighted by Gasteiger charge is 2.24. The Labute approximate surface area is 193 Å². The van der Waals surface area contributed by atoms with Crippen LogP contribution in [0.3, 0.4) is 0 Å². The molecule has 0 aromatic heterocycles. The van der Waals surface area contributed by atoms with Crippen molar-refractivity contribution < 1.29 is 13.2 Å². The molecule has 2 aromatic carbocycles. The normalized spacial score (nSPS) is 11.4. The minimum absolute atomic E-state index is 0.259. The predicted octanol–water partition coefficient (Wildman–Crippen LogP) is 4.73. The van der Waals surface area contributed by atoms with Gasteiger partial charge in [-0.15, -0.1) is 0 Å². The Hall–Kier alpha value is -1.41. The molecule has 30 heavy (non-hydrogen) atoms. The summed E-state index contributed by atoms with van der Waals surface area (Å²) in [6, 6.07) is 9.20. The lowest BCUT2D eigenvalue weighted by Crippen LogP contribution is -2.41. The summed E-state index contributed by atoms with van der Waals surface area (Å²) in [6.45, 7) is 5.80. The van der Waals surface area contributed by atoms with Crippen LogP contribution in [-0.4, -0.2) is 39.4 Å². The number of carbonyl (C=O) groups excluding carboxylic acids is 1. The molecule has 0 aliphatic rings. The molecule has 0 bridgehead atoms. The number of thioether (sulfide) groups is 1. The first-order valence-corrected chi connectivity index (χ1v) is 13.1. The quantitative estimate of drug-likeness (QED) is 0.517. The molecule has 1 N–H and O–H groups in total. The average molecular weight is 489 g/mol. The minimum Gasteiger partial charge on any atom is -0.354 e. The van der Waals surface area contributed by atoms with Crippen LogP contribution >= 0.6 is 35.0 Å². The van der Waals surface area contributed by atoms with Crippen molar-refractivity contribution in [2.24, 2.45) is 0 Å². The highest BCUT2D eigenvalue weighted by molar-refractivity contribution is 7.98. The topological polar surface area (TPSA) is 66.5 Å². The second-order valence-electron chi connectivity index (χ2n) is 7.12. The first-order chi connectivity index (χ1) is 14.0. The molecule has 1 amide bonds. The van der Waals surface area contributed by atoms with Crippen molar-refractivity contribution in [2.45, 2.75) is 26.5 Å². The van der Waals surface area contributed by atoms with Crippen LogP contribution in [0.25, 0.3) is 0 Å². The Morgan fingerprint density at radius 1 is 1.10 bits per heavy atom. The standard InChI is InChI=1S/C21H26Cl2N2O3S2/c1-14-10-15(2)21(16(3)11-14)25(30(4,27)28)12-20(26)24-8-9-29-13-17-18(22)6-5-7-19(17)23/h5-7,10-11H,8-9,12-13H2,1-4H3,(H,24,26). The molecular weight excluding hydrogens is 463 g/mol. The van der Waals surface area contributed by atoms with Crippen molar-refractivity contribution in [1.29, 1.82) is 0 Å². The first-order valence-electron chi connectivity index (χ1n) is 9.33. The summed E-state index contributed by atoms with van der Waals surface area (Å²) in [4.78, 5) is 12.4. The van der Waals surface area contributed by atoms with Crippen LogP contribution in [0.15, 0.2) is 30.3 Å². The van der Waals surface area contributed by atoms with E-state index in [0.717, 1.165) is 28.5 Å². The number of rotatable bonds is 9. The molecule has 0 atom stereocenters. The molecule has 0 radical (unpaired) electrons. The molecule has 0 spiro atoms. The molecule has 0 unspecified atom stereocenters. The number of hydrogen-bond donors (Lipinski definition) is 1. The van der Waals surface area contributed by atoms with Crippen molar-refractivity contribution >= 4 is 56.6 Å². The average Bonchev–Trinajstić information content (AvgIpc) is 2.61. The first kappa shape index (κ1) is 24.9. The fourth-order valence-corrected chi connectivity index (χ4v) is 5.79. The van der Waals surface area contributed by atoms with Crippen molar-refractivity contribution in [1.82, 2.24) is 5.32 Å². The van der Waals surface area contributed by atoms with Gasteiger partial charge in [0.2, 0.25) is 15.9 Å². The molecule has 9 heteroatoms. The summed E-state index contributed by atoms with van der Waals surface area (Å²) in [5.74, 6) is 0.927. The van der Waals surface area contributed by atoms with Crippen LogP contribution < -0.4 is 9.62 Å². The van der Waals surface area contributed by atoms with Gasteiger partial charge in [0, 0.05) is 28.1 Å². The molecular formula is C21H26Cl2N2O3S2. The van der Waals surface area contributed by atoms with E-state index in [1.165, 1.54) is 4.31 Å². The fourth-order valence-electron chi connectivity index (χ4n) is 3.22. The van der Waals surface area contributed by atoms with Crippen LogP contribution in [0.1, 0.15) is 22.3 Å². The van der Waals surface area contributed by atoms with Gasteiger partial charge >= 0.3 is 0 Å². The summed E-state index contributed by atoms with van der Waals surface area (Å²) in [5, 5.41) is 4.02. The van der Waals surface area contributed by atoms with Gasteiger partial charge in [-0.3, -0.25) is 9.10 Å². The summed E-state index contributed by atoms with van der Waals surface area (Å²) < 4.78 is 25.9. The lowest BCUT2D eigenvalue weighted by atomic mass is 10.1. The monoisotopic (exact) mass is 488 g/mol. The van der Waals surface area contributed by atoms with E-state index in [0.29, 0.717) is 33.8 Å². The van der Waals surface area contributed by atoms with Gasteiger partial charge < -0.3 is 5.32 Å². The molecule has 0 aliphatic carbocycles. The third-order valence-corrected chi connectivity index (χ3v) is 7.26. The predicted molar refractivity (Wildman–Crippen MR) is 128 cm³/mol. The molecule has 164 valence electrons. The number of carbonyl (C=O) groups is 1. The molecule has 0 fully saturated rings.